The van der Waals surface area contributed by atoms with Crippen LogP contribution in [0, 0.1) is 5.92 Å². The number of unbranched alkanes of at least 4 members (excludes halogenated alkanes) is 6. The van der Waals surface area contributed by atoms with Crippen molar-refractivity contribution < 1.29 is 15.8 Å². The van der Waals surface area contributed by atoms with Crippen molar-refractivity contribution >= 4 is 11.7 Å². The van der Waals surface area contributed by atoms with Gasteiger partial charge in [-0.05, 0) is 25.7 Å². The highest BCUT2D eigenvalue weighted by Gasteiger charge is 2.05. The predicted octanol–water partition coefficient (Wildman–Crippen LogP) is 5.15. The van der Waals surface area contributed by atoms with E-state index in [0.29, 0.717) is 5.78 Å². The average Bonchev–Trinajstić information content (AvgIpc) is 2.56. The first kappa shape index (κ1) is 25.3. The monoisotopic (exact) mass is 345 g/mol. The molecule has 0 saturated carbocycles. The van der Waals surface area contributed by atoms with E-state index in [1.165, 1.54) is 19.3 Å². The second-order valence-electron chi connectivity index (χ2n) is 6.29. The third-order valence-corrected chi connectivity index (χ3v) is 3.70. The molecule has 0 aliphatic heterocycles. The van der Waals surface area contributed by atoms with Gasteiger partial charge in [-0.15, -0.1) is 0 Å². The molecule has 0 rings (SSSR count). The number of carbonyl (C=O) groups excluding carboxylic acids is 2. The van der Waals surface area contributed by atoms with Gasteiger partial charge in [0, 0.05) is 40.4 Å². The highest BCUT2D eigenvalue weighted by molar-refractivity contribution is 5.80. The summed E-state index contributed by atoms with van der Waals surface area (Å²) in [6.07, 6.45) is 9.61. The number of ketones is 1. The van der Waals surface area contributed by atoms with Gasteiger partial charge in [0.1, 0.15) is 5.78 Å². The fourth-order valence-corrected chi connectivity index (χ4v) is 2.19. The molecule has 1 amide bonds. The number of carbonyl (C=O) groups is 2. The topological polar surface area (TPSA) is 55.4 Å². The molecule has 0 unspecified atom stereocenters. The van der Waals surface area contributed by atoms with Gasteiger partial charge < -0.3 is 10.1 Å². The highest BCUT2D eigenvalue weighted by Crippen LogP contribution is 2.07. The molecular formula is C20H43NO3. The van der Waals surface area contributed by atoms with Crippen molar-refractivity contribution in [1.29, 1.82) is 0 Å². The molecule has 0 aromatic heterocycles. The first-order chi connectivity index (χ1) is 11.5. The maximum atomic E-state index is 11.4. The van der Waals surface area contributed by atoms with Crippen molar-refractivity contribution in [1.82, 2.24) is 5.32 Å². The van der Waals surface area contributed by atoms with Crippen molar-refractivity contribution in [2.75, 3.05) is 19.8 Å². The van der Waals surface area contributed by atoms with Crippen LogP contribution in [-0.4, -0.2) is 31.4 Å². The van der Waals surface area contributed by atoms with Gasteiger partial charge in [-0.25, -0.2) is 0 Å². The number of ether oxygens (including phenoxy) is 1. The molecule has 1 N–H and O–H groups in total. The second-order valence-corrected chi connectivity index (χ2v) is 6.29. The zero-order valence-electron chi connectivity index (χ0n) is 16.8. The number of nitrogens with one attached hydrogen (secondary N) is 1. The van der Waals surface area contributed by atoms with Crippen LogP contribution in [0.4, 0.5) is 0 Å². The summed E-state index contributed by atoms with van der Waals surface area (Å²) in [5.74, 6) is 0.607. The van der Waals surface area contributed by atoms with Gasteiger partial charge in [-0.3, -0.25) is 9.59 Å². The largest absolute Gasteiger partial charge is 0.381 e. The van der Waals surface area contributed by atoms with E-state index in [2.05, 4.69) is 5.32 Å². The van der Waals surface area contributed by atoms with Gasteiger partial charge in [0.05, 0.1) is 0 Å². The maximum absolute atomic E-state index is 11.4. The Hall–Kier alpha value is -0.900. The van der Waals surface area contributed by atoms with Crippen LogP contribution >= 0.6 is 0 Å². The summed E-state index contributed by atoms with van der Waals surface area (Å²) >= 11 is 0. The lowest BCUT2D eigenvalue weighted by molar-refractivity contribution is -0.122. The zero-order valence-corrected chi connectivity index (χ0v) is 16.8. The summed E-state index contributed by atoms with van der Waals surface area (Å²) in [4.78, 5) is 22.1. The van der Waals surface area contributed by atoms with E-state index in [9.17, 15) is 9.59 Å². The van der Waals surface area contributed by atoms with Crippen LogP contribution in [0.3, 0.4) is 0 Å². The summed E-state index contributed by atoms with van der Waals surface area (Å²) in [5, 5.41) is 2.81. The molecule has 0 bridgehead atoms. The van der Waals surface area contributed by atoms with Crippen LogP contribution < -0.4 is 5.32 Å². The molecular weight excluding hydrogens is 302 g/mol. The van der Waals surface area contributed by atoms with Crippen molar-refractivity contribution in [3.05, 3.63) is 0 Å². The Bertz CT molecular complexity index is 297. The molecule has 0 saturated heterocycles. The van der Waals surface area contributed by atoms with Gasteiger partial charge in [-0.1, -0.05) is 53.4 Å². The van der Waals surface area contributed by atoms with Crippen molar-refractivity contribution in [2.24, 2.45) is 5.92 Å². The van der Waals surface area contributed by atoms with Gasteiger partial charge in [0.2, 0.25) is 5.91 Å². The number of rotatable bonds is 15. The Labute approximate surface area is 151 Å². The Morgan fingerprint density at radius 3 is 1.92 bits per heavy atom. The summed E-state index contributed by atoms with van der Waals surface area (Å²) in [5.41, 5.74) is 0. The molecule has 146 valence electrons. The fourth-order valence-electron chi connectivity index (χ4n) is 2.19. The van der Waals surface area contributed by atoms with Crippen LogP contribution in [-0.2, 0) is 14.3 Å². The van der Waals surface area contributed by atoms with Crippen LogP contribution in [0.2, 0.25) is 0 Å². The molecule has 0 aliphatic rings. The van der Waals surface area contributed by atoms with Gasteiger partial charge in [-0.2, -0.15) is 0 Å². The van der Waals surface area contributed by atoms with Crippen LogP contribution in [0.5, 0.6) is 0 Å². The summed E-state index contributed by atoms with van der Waals surface area (Å²) in [7, 11) is 0. The normalized spacial score (nSPS) is 10.2. The molecule has 0 aliphatic carbocycles. The SMILES string of the molecule is CC.CC(=O)NCCCCCCCOCCCCCC(=O)C(C)C.[HH]. The van der Waals surface area contributed by atoms with Crippen molar-refractivity contribution in [3.63, 3.8) is 0 Å². The fraction of sp³-hybridized carbons (Fsp3) is 0.900. The number of Topliss-reactive ketones (excluding diaryl/α,β-unsaturated/α-hetero) is 1. The minimum Gasteiger partial charge on any atom is -0.381 e. The number of hydrogen-bond acceptors (Lipinski definition) is 3. The van der Waals surface area contributed by atoms with E-state index in [1.54, 1.807) is 6.92 Å². The minimum absolute atomic E-state index is 0. The molecule has 0 aromatic carbocycles. The Balaban J connectivity index is -0.00000155. The quantitative estimate of drug-likeness (QED) is 0.418. The first-order valence-corrected chi connectivity index (χ1v) is 9.89. The summed E-state index contributed by atoms with van der Waals surface area (Å²) in [6.45, 7) is 11.9. The zero-order chi connectivity index (χ0) is 18.6. The van der Waals surface area contributed by atoms with Gasteiger partial charge >= 0.3 is 0 Å². The van der Waals surface area contributed by atoms with Crippen LogP contribution in [0.15, 0.2) is 0 Å². The first-order valence-electron chi connectivity index (χ1n) is 9.89. The second kappa shape index (κ2) is 20.1. The standard InChI is InChI=1S/C18H35NO3.C2H6.H2/c1-16(2)18(21)12-8-7-11-15-22-14-10-6-4-5-9-13-19-17(3)20;1-2;/h16H,4-15H2,1-3H3,(H,19,20);1-2H3;1H. The average molecular weight is 346 g/mol. The maximum Gasteiger partial charge on any atom is 0.216 e. The molecule has 0 atom stereocenters. The molecule has 24 heavy (non-hydrogen) atoms. The van der Waals surface area contributed by atoms with Crippen LogP contribution in [0.1, 0.15) is 93.8 Å². The Morgan fingerprint density at radius 2 is 1.38 bits per heavy atom. The summed E-state index contributed by atoms with van der Waals surface area (Å²) in [6, 6.07) is 0. The molecule has 0 heterocycles. The Morgan fingerprint density at radius 1 is 0.875 bits per heavy atom. The highest BCUT2D eigenvalue weighted by atomic mass is 16.5. The lowest BCUT2D eigenvalue weighted by atomic mass is 10.0. The molecule has 4 heteroatoms. The van der Waals surface area contributed by atoms with E-state index in [0.717, 1.165) is 58.3 Å². The number of hydrogen-bond donors (Lipinski definition) is 1. The Kier molecular flexibility index (Phi) is 21.3. The molecule has 0 fully saturated rings. The van der Waals surface area contributed by atoms with Crippen molar-refractivity contribution in [3.8, 4) is 0 Å². The lowest BCUT2D eigenvalue weighted by Crippen LogP contribution is -2.20. The molecule has 0 spiro atoms. The number of amides is 1. The van der Waals surface area contributed by atoms with Crippen LogP contribution in [0.25, 0.3) is 0 Å². The van der Waals surface area contributed by atoms with E-state index in [4.69, 9.17) is 4.74 Å². The molecule has 4 nitrogen and oxygen atoms in total. The minimum atomic E-state index is 0. The van der Waals surface area contributed by atoms with E-state index in [-0.39, 0.29) is 13.3 Å². The van der Waals surface area contributed by atoms with E-state index in [1.807, 2.05) is 27.7 Å². The van der Waals surface area contributed by atoms with Gasteiger partial charge in [0.25, 0.3) is 0 Å². The third-order valence-electron chi connectivity index (χ3n) is 3.70. The summed E-state index contributed by atoms with van der Waals surface area (Å²) < 4.78 is 5.61. The predicted molar refractivity (Wildman–Crippen MR) is 104 cm³/mol. The van der Waals surface area contributed by atoms with E-state index < -0.39 is 0 Å². The lowest BCUT2D eigenvalue weighted by Gasteiger charge is -2.06. The van der Waals surface area contributed by atoms with E-state index >= 15 is 0 Å². The third kappa shape index (κ3) is 21.1. The van der Waals surface area contributed by atoms with Crippen molar-refractivity contribution in [2.45, 2.75) is 92.4 Å². The smallest absolute Gasteiger partial charge is 0.216 e. The molecule has 0 radical (unpaired) electrons. The van der Waals surface area contributed by atoms with Gasteiger partial charge in [0.15, 0.2) is 0 Å². The molecule has 0 aromatic rings.